The maximum absolute atomic E-state index is 12.2. The van der Waals surface area contributed by atoms with Crippen LogP contribution >= 0.6 is 11.3 Å². The number of amides is 1. The first-order valence-corrected chi connectivity index (χ1v) is 7.25. The van der Waals surface area contributed by atoms with E-state index in [-0.39, 0.29) is 11.9 Å². The quantitative estimate of drug-likeness (QED) is 0.858. The second kappa shape index (κ2) is 6.55. The van der Waals surface area contributed by atoms with Crippen molar-refractivity contribution in [3.8, 4) is 6.07 Å². The molecule has 18 heavy (non-hydrogen) atoms. The smallest absolute Gasteiger partial charge is 0.240 e. The van der Waals surface area contributed by atoms with Crippen molar-refractivity contribution in [3.63, 3.8) is 0 Å². The summed E-state index contributed by atoms with van der Waals surface area (Å²) in [5.74, 6) is -0.141. The molecule has 98 valence electrons. The highest BCUT2D eigenvalue weighted by molar-refractivity contribution is 7.07. The number of nitrogens with zero attached hydrogens (tertiary/aromatic N) is 1. The largest absolute Gasteiger partial charge is 0.352 e. The van der Waals surface area contributed by atoms with Crippen molar-refractivity contribution < 1.29 is 4.79 Å². The summed E-state index contributed by atoms with van der Waals surface area (Å²) in [7, 11) is 0. The number of hydrogen-bond donors (Lipinski definition) is 1. The van der Waals surface area contributed by atoms with Gasteiger partial charge in [0.1, 0.15) is 5.41 Å². The Balaban J connectivity index is 2.61. The lowest BCUT2D eigenvalue weighted by Gasteiger charge is -2.24. The monoisotopic (exact) mass is 264 g/mol. The molecule has 0 aliphatic heterocycles. The van der Waals surface area contributed by atoms with Gasteiger partial charge in [0.2, 0.25) is 5.91 Å². The van der Waals surface area contributed by atoms with Gasteiger partial charge in [-0.1, -0.05) is 13.8 Å². The fourth-order valence-corrected chi connectivity index (χ4v) is 2.64. The number of carbonyl (C=O) groups excluding carboxylic acids is 1. The summed E-state index contributed by atoms with van der Waals surface area (Å²) in [5.41, 5.74) is 0.353. The maximum atomic E-state index is 12.2. The second-order valence-corrected chi connectivity index (χ2v) is 5.39. The van der Waals surface area contributed by atoms with Crippen LogP contribution in [0.15, 0.2) is 16.8 Å². The average molecular weight is 264 g/mol. The van der Waals surface area contributed by atoms with Gasteiger partial charge in [-0.3, -0.25) is 4.79 Å². The lowest BCUT2D eigenvalue weighted by Crippen LogP contribution is -2.44. The Morgan fingerprint density at radius 3 is 2.67 bits per heavy atom. The molecule has 4 heteroatoms. The summed E-state index contributed by atoms with van der Waals surface area (Å²) < 4.78 is 0. The molecule has 0 bridgehead atoms. The lowest BCUT2D eigenvalue weighted by molar-refractivity contribution is -0.129. The van der Waals surface area contributed by atoms with Crippen LogP contribution in [0.25, 0.3) is 0 Å². The van der Waals surface area contributed by atoms with Crippen molar-refractivity contribution in [1.82, 2.24) is 5.32 Å². The summed E-state index contributed by atoms with van der Waals surface area (Å²) in [6.45, 7) is 5.74. The third-order valence-corrected chi connectivity index (χ3v) is 4.09. The minimum Gasteiger partial charge on any atom is -0.352 e. The van der Waals surface area contributed by atoms with Crippen LogP contribution in [0.3, 0.4) is 0 Å². The first-order chi connectivity index (χ1) is 8.57. The highest BCUT2D eigenvalue weighted by atomic mass is 32.1. The number of nitriles is 1. The molecular weight excluding hydrogens is 244 g/mol. The van der Waals surface area contributed by atoms with E-state index < -0.39 is 5.41 Å². The molecule has 1 aromatic heterocycles. The molecule has 0 spiro atoms. The predicted molar refractivity (Wildman–Crippen MR) is 74.3 cm³/mol. The van der Waals surface area contributed by atoms with Gasteiger partial charge in [-0.15, -0.1) is 0 Å². The molecule has 0 aromatic carbocycles. The van der Waals surface area contributed by atoms with E-state index in [4.69, 9.17) is 0 Å². The van der Waals surface area contributed by atoms with Crippen molar-refractivity contribution in [2.45, 2.75) is 46.1 Å². The van der Waals surface area contributed by atoms with E-state index in [1.807, 2.05) is 26.2 Å². The Bertz CT molecular complexity index is 416. The van der Waals surface area contributed by atoms with Crippen LogP contribution in [0.4, 0.5) is 0 Å². The summed E-state index contributed by atoms with van der Waals surface area (Å²) in [5, 5.41) is 16.3. The Labute approximate surface area is 113 Å². The van der Waals surface area contributed by atoms with E-state index in [1.165, 1.54) is 5.56 Å². The lowest BCUT2D eigenvalue weighted by atomic mass is 9.83. The molecular formula is C14H20N2OS. The SMILES string of the molecule is CCC(C#N)(CC)C(=O)NC(C)Cc1ccsc1. The van der Waals surface area contributed by atoms with E-state index in [9.17, 15) is 10.1 Å². The van der Waals surface area contributed by atoms with Crippen LogP contribution in [0, 0.1) is 16.7 Å². The van der Waals surface area contributed by atoms with Gasteiger partial charge >= 0.3 is 0 Å². The molecule has 0 saturated carbocycles. The molecule has 0 fully saturated rings. The van der Waals surface area contributed by atoms with Crippen molar-refractivity contribution in [2.75, 3.05) is 0 Å². The fourth-order valence-electron chi connectivity index (χ4n) is 1.96. The standard InChI is InChI=1S/C14H20N2OS/c1-4-14(5-2,10-15)13(17)16-11(3)8-12-6-7-18-9-12/h6-7,9,11H,4-5,8H2,1-3H3,(H,16,17). The molecule has 0 aliphatic rings. The topological polar surface area (TPSA) is 52.9 Å². The number of nitrogens with one attached hydrogen (secondary N) is 1. The van der Waals surface area contributed by atoms with Crippen molar-refractivity contribution in [1.29, 1.82) is 5.26 Å². The molecule has 1 N–H and O–H groups in total. The van der Waals surface area contributed by atoms with E-state index in [1.54, 1.807) is 11.3 Å². The first kappa shape index (κ1) is 14.7. The van der Waals surface area contributed by atoms with Gasteiger partial charge < -0.3 is 5.32 Å². The number of rotatable bonds is 6. The Hall–Kier alpha value is -1.34. The number of hydrogen-bond acceptors (Lipinski definition) is 3. The van der Waals surface area contributed by atoms with E-state index in [2.05, 4.69) is 22.8 Å². The van der Waals surface area contributed by atoms with Gasteiger partial charge in [-0.25, -0.2) is 0 Å². The third kappa shape index (κ3) is 3.33. The molecule has 1 atom stereocenters. The van der Waals surface area contributed by atoms with Gasteiger partial charge in [0.15, 0.2) is 0 Å². The van der Waals surface area contributed by atoms with Crippen LogP contribution in [-0.2, 0) is 11.2 Å². The summed E-state index contributed by atoms with van der Waals surface area (Å²) in [6.07, 6.45) is 1.91. The molecule has 1 aromatic rings. The van der Waals surface area contributed by atoms with Crippen molar-refractivity contribution in [2.24, 2.45) is 5.41 Å². The molecule has 0 aliphatic carbocycles. The first-order valence-electron chi connectivity index (χ1n) is 6.31. The minimum atomic E-state index is -0.872. The fraction of sp³-hybridized carbons (Fsp3) is 0.571. The van der Waals surface area contributed by atoms with Gasteiger partial charge in [-0.05, 0) is 48.6 Å². The van der Waals surface area contributed by atoms with Crippen LogP contribution in [0.2, 0.25) is 0 Å². The molecule has 0 radical (unpaired) electrons. The average Bonchev–Trinajstić information content (AvgIpc) is 2.84. The summed E-state index contributed by atoms with van der Waals surface area (Å²) >= 11 is 1.65. The highest BCUT2D eigenvalue weighted by Crippen LogP contribution is 2.25. The molecule has 1 heterocycles. The second-order valence-electron chi connectivity index (χ2n) is 4.61. The van der Waals surface area contributed by atoms with Crippen molar-refractivity contribution >= 4 is 17.2 Å². The Morgan fingerprint density at radius 1 is 1.56 bits per heavy atom. The summed E-state index contributed by atoms with van der Waals surface area (Å²) in [6, 6.07) is 4.28. The number of thiophene rings is 1. The normalized spacial score (nSPS) is 12.8. The zero-order valence-electron chi connectivity index (χ0n) is 11.2. The van der Waals surface area contributed by atoms with Crippen molar-refractivity contribution in [3.05, 3.63) is 22.4 Å². The van der Waals surface area contributed by atoms with Gasteiger partial charge in [0.05, 0.1) is 6.07 Å². The number of carbonyl (C=O) groups is 1. The molecule has 1 rings (SSSR count). The van der Waals surface area contributed by atoms with Crippen LogP contribution in [0.5, 0.6) is 0 Å². The van der Waals surface area contributed by atoms with E-state index in [0.717, 1.165) is 6.42 Å². The molecule has 1 amide bonds. The third-order valence-electron chi connectivity index (χ3n) is 3.36. The molecule has 1 unspecified atom stereocenters. The van der Waals surface area contributed by atoms with Crippen LogP contribution < -0.4 is 5.32 Å². The summed E-state index contributed by atoms with van der Waals surface area (Å²) in [4.78, 5) is 12.2. The molecule has 0 saturated heterocycles. The highest BCUT2D eigenvalue weighted by Gasteiger charge is 2.35. The zero-order chi connectivity index (χ0) is 13.6. The van der Waals surface area contributed by atoms with Gasteiger partial charge in [0.25, 0.3) is 0 Å². The minimum absolute atomic E-state index is 0.0536. The maximum Gasteiger partial charge on any atom is 0.240 e. The molecule has 3 nitrogen and oxygen atoms in total. The van der Waals surface area contributed by atoms with Crippen LogP contribution in [-0.4, -0.2) is 11.9 Å². The van der Waals surface area contributed by atoms with Crippen LogP contribution in [0.1, 0.15) is 39.2 Å². The Kier molecular flexibility index (Phi) is 5.36. The van der Waals surface area contributed by atoms with E-state index in [0.29, 0.717) is 12.8 Å². The van der Waals surface area contributed by atoms with Gasteiger partial charge in [0, 0.05) is 6.04 Å². The van der Waals surface area contributed by atoms with E-state index >= 15 is 0 Å². The van der Waals surface area contributed by atoms with Gasteiger partial charge in [-0.2, -0.15) is 16.6 Å². The predicted octanol–water partition coefficient (Wildman–Crippen LogP) is 3.13. The Morgan fingerprint density at radius 2 is 2.22 bits per heavy atom. The zero-order valence-corrected chi connectivity index (χ0v) is 12.0.